The predicted octanol–water partition coefficient (Wildman–Crippen LogP) is 1.29. The lowest BCUT2D eigenvalue weighted by Gasteiger charge is -2.28. The van der Waals surface area contributed by atoms with Crippen molar-refractivity contribution in [2.75, 3.05) is 6.54 Å². The molecule has 0 radical (unpaired) electrons. The molecule has 0 bridgehead atoms. The van der Waals surface area contributed by atoms with Crippen LogP contribution in [0.15, 0.2) is 6.07 Å². The second-order valence-electron chi connectivity index (χ2n) is 5.63. The molecule has 2 aliphatic carbocycles. The van der Waals surface area contributed by atoms with Crippen LogP contribution in [0, 0.1) is 0 Å². The second-order valence-corrected chi connectivity index (χ2v) is 5.63. The molecular formula is C13H20N4O. The maximum Gasteiger partial charge on any atom is 0.272 e. The number of H-pyrrole nitrogens is 1. The molecular weight excluding hydrogens is 228 g/mol. The summed E-state index contributed by atoms with van der Waals surface area (Å²) < 4.78 is 0. The van der Waals surface area contributed by atoms with E-state index in [-0.39, 0.29) is 11.4 Å². The number of hydrogen-bond donors (Lipinski definition) is 3. The summed E-state index contributed by atoms with van der Waals surface area (Å²) in [6.45, 7) is 0.513. The largest absolute Gasteiger partial charge is 0.344 e. The minimum Gasteiger partial charge on any atom is -0.344 e. The number of nitrogens with one attached hydrogen (secondary N) is 2. The maximum absolute atomic E-state index is 12.2. The number of hydrogen-bond acceptors (Lipinski definition) is 3. The van der Waals surface area contributed by atoms with Gasteiger partial charge in [-0.15, -0.1) is 0 Å². The lowest BCUT2D eigenvalue weighted by atomic mass is 9.97. The molecule has 1 aromatic rings. The van der Waals surface area contributed by atoms with Gasteiger partial charge in [0.2, 0.25) is 0 Å². The van der Waals surface area contributed by atoms with Crippen LogP contribution in [0.4, 0.5) is 0 Å². The van der Waals surface area contributed by atoms with Gasteiger partial charge in [-0.05, 0) is 31.7 Å². The zero-order valence-electron chi connectivity index (χ0n) is 10.5. The Morgan fingerprint density at radius 3 is 2.83 bits per heavy atom. The minimum atomic E-state index is -0.199. The van der Waals surface area contributed by atoms with Crippen LogP contribution in [-0.2, 0) is 0 Å². The molecule has 18 heavy (non-hydrogen) atoms. The number of carbonyl (C=O) groups is 1. The fourth-order valence-electron chi connectivity index (χ4n) is 2.79. The van der Waals surface area contributed by atoms with E-state index in [0.717, 1.165) is 31.4 Å². The first kappa shape index (κ1) is 11.7. The highest BCUT2D eigenvalue weighted by molar-refractivity contribution is 5.93. The van der Waals surface area contributed by atoms with Gasteiger partial charge in [-0.2, -0.15) is 5.10 Å². The van der Waals surface area contributed by atoms with Crippen molar-refractivity contribution >= 4 is 5.91 Å². The highest BCUT2D eigenvalue weighted by atomic mass is 16.2. The van der Waals surface area contributed by atoms with Crippen molar-refractivity contribution < 1.29 is 4.79 Å². The molecule has 0 aliphatic heterocycles. The molecule has 0 saturated heterocycles. The Bertz CT molecular complexity index is 444. The van der Waals surface area contributed by atoms with Crippen molar-refractivity contribution in [3.63, 3.8) is 0 Å². The molecule has 3 rings (SSSR count). The summed E-state index contributed by atoms with van der Waals surface area (Å²) in [5, 5.41) is 10.2. The zero-order chi connectivity index (χ0) is 12.6. The van der Waals surface area contributed by atoms with Crippen molar-refractivity contribution in [3.8, 4) is 0 Å². The van der Waals surface area contributed by atoms with Gasteiger partial charge in [-0.25, -0.2) is 0 Å². The normalized spacial score (nSPS) is 22.1. The topological polar surface area (TPSA) is 83.8 Å². The number of aromatic nitrogens is 2. The number of nitrogens with zero attached hydrogens (tertiary/aromatic N) is 1. The smallest absolute Gasteiger partial charge is 0.272 e. The Balaban J connectivity index is 1.69. The van der Waals surface area contributed by atoms with E-state index in [1.54, 1.807) is 0 Å². The summed E-state index contributed by atoms with van der Waals surface area (Å²) in [5.41, 5.74) is 7.20. The fourth-order valence-corrected chi connectivity index (χ4v) is 2.79. The van der Waals surface area contributed by atoms with Crippen molar-refractivity contribution in [3.05, 3.63) is 17.5 Å². The average Bonchev–Trinajstić information content (AvgIpc) is 2.94. The van der Waals surface area contributed by atoms with Crippen molar-refractivity contribution in [2.24, 2.45) is 5.73 Å². The Labute approximate surface area is 107 Å². The Hall–Kier alpha value is -1.36. The molecule has 2 fully saturated rings. The van der Waals surface area contributed by atoms with Crippen LogP contribution in [0.1, 0.15) is 60.6 Å². The molecule has 5 nitrogen and oxygen atoms in total. The third-order valence-electron chi connectivity index (χ3n) is 4.18. The van der Waals surface area contributed by atoms with Crippen molar-refractivity contribution in [1.29, 1.82) is 0 Å². The number of amides is 1. The summed E-state index contributed by atoms with van der Waals surface area (Å²) in [4.78, 5) is 12.2. The van der Waals surface area contributed by atoms with E-state index in [1.165, 1.54) is 12.8 Å². The zero-order valence-corrected chi connectivity index (χ0v) is 10.5. The lowest BCUT2D eigenvalue weighted by molar-refractivity contribution is 0.0898. The molecule has 1 amide bonds. The van der Waals surface area contributed by atoms with E-state index < -0.39 is 0 Å². The van der Waals surface area contributed by atoms with E-state index >= 15 is 0 Å². The van der Waals surface area contributed by atoms with Gasteiger partial charge < -0.3 is 11.1 Å². The quantitative estimate of drug-likeness (QED) is 0.750. The standard InChI is InChI=1S/C13H20N4O/c14-8-13(5-1-2-6-13)15-12(18)11-7-10(16-17-11)9-3-4-9/h7,9H,1-6,8,14H2,(H,15,18)(H,16,17). The Morgan fingerprint density at radius 2 is 2.22 bits per heavy atom. The molecule has 2 saturated carbocycles. The van der Waals surface area contributed by atoms with Gasteiger partial charge in [0.1, 0.15) is 5.69 Å². The SMILES string of the molecule is NCC1(NC(=O)c2cc(C3CC3)[nH]n2)CCCC1. The highest BCUT2D eigenvalue weighted by Gasteiger charge is 2.35. The van der Waals surface area contributed by atoms with Gasteiger partial charge in [0.05, 0.1) is 5.54 Å². The van der Waals surface area contributed by atoms with Crippen molar-refractivity contribution in [1.82, 2.24) is 15.5 Å². The van der Waals surface area contributed by atoms with Gasteiger partial charge in [-0.1, -0.05) is 12.8 Å². The van der Waals surface area contributed by atoms with E-state index in [1.807, 2.05) is 6.07 Å². The van der Waals surface area contributed by atoms with Crippen LogP contribution < -0.4 is 11.1 Å². The number of nitrogens with two attached hydrogens (primary N) is 1. The van der Waals surface area contributed by atoms with Crippen LogP contribution in [0.5, 0.6) is 0 Å². The number of rotatable bonds is 4. The molecule has 98 valence electrons. The maximum atomic E-state index is 12.2. The van der Waals surface area contributed by atoms with E-state index in [0.29, 0.717) is 18.2 Å². The molecule has 2 aliphatic rings. The molecule has 5 heteroatoms. The molecule has 4 N–H and O–H groups in total. The van der Waals surface area contributed by atoms with Gasteiger partial charge in [-0.3, -0.25) is 9.89 Å². The van der Waals surface area contributed by atoms with Gasteiger partial charge in [0, 0.05) is 18.2 Å². The summed E-state index contributed by atoms with van der Waals surface area (Å²) in [7, 11) is 0. The Kier molecular flexibility index (Phi) is 2.86. The summed E-state index contributed by atoms with van der Waals surface area (Å²) in [5.74, 6) is 0.500. The van der Waals surface area contributed by atoms with Gasteiger partial charge in [0.25, 0.3) is 5.91 Å². The first-order valence-corrected chi connectivity index (χ1v) is 6.80. The molecule has 0 aromatic carbocycles. The minimum absolute atomic E-state index is 0.0921. The first-order valence-electron chi connectivity index (χ1n) is 6.80. The number of aromatic amines is 1. The van der Waals surface area contributed by atoms with Gasteiger partial charge >= 0.3 is 0 Å². The van der Waals surface area contributed by atoms with Crippen LogP contribution >= 0.6 is 0 Å². The molecule has 0 spiro atoms. The molecule has 1 aromatic heterocycles. The van der Waals surface area contributed by atoms with Crippen LogP contribution in [0.25, 0.3) is 0 Å². The summed E-state index contributed by atoms with van der Waals surface area (Å²) in [6, 6.07) is 1.88. The monoisotopic (exact) mass is 248 g/mol. The summed E-state index contributed by atoms with van der Waals surface area (Å²) >= 11 is 0. The van der Waals surface area contributed by atoms with Crippen molar-refractivity contribution in [2.45, 2.75) is 50.0 Å². The third-order valence-corrected chi connectivity index (χ3v) is 4.18. The van der Waals surface area contributed by atoms with Crippen LogP contribution in [-0.4, -0.2) is 28.2 Å². The summed E-state index contributed by atoms with van der Waals surface area (Å²) in [6.07, 6.45) is 6.66. The predicted molar refractivity (Wildman–Crippen MR) is 68.3 cm³/mol. The van der Waals surface area contributed by atoms with E-state index in [9.17, 15) is 4.79 Å². The third kappa shape index (κ3) is 2.14. The first-order chi connectivity index (χ1) is 8.72. The molecule has 1 heterocycles. The van der Waals surface area contributed by atoms with Crippen LogP contribution in [0.3, 0.4) is 0 Å². The lowest BCUT2D eigenvalue weighted by Crippen LogP contribution is -2.51. The fraction of sp³-hybridized carbons (Fsp3) is 0.692. The number of carbonyl (C=O) groups excluding carboxylic acids is 1. The van der Waals surface area contributed by atoms with E-state index in [2.05, 4.69) is 15.5 Å². The van der Waals surface area contributed by atoms with E-state index in [4.69, 9.17) is 5.73 Å². The Morgan fingerprint density at radius 1 is 1.50 bits per heavy atom. The molecule has 0 atom stereocenters. The average molecular weight is 248 g/mol. The molecule has 0 unspecified atom stereocenters. The second kappa shape index (κ2) is 4.39. The highest BCUT2D eigenvalue weighted by Crippen LogP contribution is 2.39. The van der Waals surface area contributed by atoms with Gasteiger partial charge in [0.15, 0.2) is 0 Å². The van der Waals surface area contributed by atoms with Crippen LogP contribution in [0.2, 0.25) is 0 Å².